The molecule has 2 N–H and O–H groups in total. The highest BCUT2D eigenvalue weighted by molar-refractivity contribution is 7.80. The Balaban J connectivity index is 1.64. The molecule has 0 unspecified atom stereocenters. The molecule has 0 aromatic heterocycles. The highest BCUT2D eigenvalue weighted by Gasteiger charge is 2.02. The molecule has 0 aliphatic rings. The maximum absolute atomic E-state index is 5.40. The lowest BCUT2D eigenvalue weighted by atomic mass is 10.1. The topological polar surface area (TPSA) is 33.3 Å². The van der Waals surface area contributed by atoms with Crippen LogP contribution in [0.1, 0.15) is 5.56 Å². The molecule has 0 amide bonds. The number of nitrogens with one attached hydrogen (secondary N) is 2. The summed E-state index contributed by atoms with van der Waals surface area (Å²) >= 11 is 5.40. The second-order valence-electron chi connectivity index (χ2n) is 5.18. The number of hydrogen-bond donors (Lipinski definition) is 2. The van der Waals surface area contributed by atoms with Crippen LogP contribution in [0.5, 0.6) is 5.75 Å². The van der Waals surface area contributed by atoms with Crippen LogP contribution in [0, 0.1) is 0 Å². The molecule has 3 nitrogen and oxygen atoms in total. The van der Waals surface area contributed by atoms with Gasteiger partial charge in [-0.3, -0.25) is 0 Å². The fraction of sp³-hybridized carbons (Fsp3) is 0.105. The van der Waals surface area contributed by atoms with E-state index in [0.717, 1.165) is 22.4 Å². The van der Waals surface area contributed by atoms with Crippen molar-refractivity contribution in [1.82, 2.24) is 5.32 Å². The molecular weight excluding hydrogens is 304 g/mol. The van der Waals surface area contributed by atoms with E-state index in [1.807, 2.05) is 48.5 Å². The smallest absolute Gasteiger partial charge is 0.171 e. The molecule has 0 radical (unpaired) electrons. The number of hydrogen-bond acceptors (Lipinski definition) is 2. The summed E-state index contributed by atoms with van der Waals surface area (Å²) < 4.78 is 5.16. The third-order valence-electron chi connectivity index (χ3n) is 3.65. The van der Waals surface area contributed by atoms with Gasteiger partial charge in [-0.15, -0.1) is 0 Å². The minimum Gasteiger partial charge on any atom is -0.497 e. The van der Waals surface area contributed by atoms with Crippen molar-refractivity contribution >= 4 is 33.8 Å². The Hall–Kier alpha value is -2.59. The van der Waals surface area contributed by atoms with Crippen molar-refractivity contribution < 1.29 is 4.74 Å². The zero-order valence-electron chi connectivity index (χ0n) is 12.9. The van der Waals surface area contributed by atoms with Crippen LogP contribution in [0.15, 0.2) is 66.7 Å². The van der Waals surface area contributed by atoms with E-state index in [1.54, 1.807) is 7.11 Å². The first-order valence-corrected chi connectivity index (χ1v) is 7.82. The fourth-order valence-electron chi connectivity index (χ4n) is 2.43. The summed E-state index contributed by atoms with van der Waals surface area (Å²) in [5.74, 6) is 0.852. The lowest BCUT2D eigenvalue weighted by molar-refractivity contribution is 0.414. The normalized spacial score (nSPS) is 10.3. The first-order valence-electron chi connectivity index (χ1n) is 7.42. The molecule has 4 heteroatoms. The summed E-state index contributed by atoms with van der Waals surface area (Å²) in [6.45, 7) is 0.667. The molecule has 0 fully saturated rings. The third kappa shape index (κ3) is 3.79. The molecule has 0 saturated heterocycles. The summed E-state index contributed by atoms with van der Waals surface area (Å²) in [7, 11) is 1.66. The SMILES string of the molecule is COc1ccc(CNC(=S)Nc2cccc3ccccc23)cc1. The maximum atomic E-state index is 5.40. The predicted molar refractivity (Wildman–Crippen MR) is 100 cm³/mol. The number of fused-ring (bicyclic) bond motifs is 1. The van der Waals surface area contributed by atoms with Crippen LogP contribution in [-0.4, -0.2) is 12.2 Å². The number of thiocarbonyl (C=S) groups is 1. The van der Waals surface area contributed by atoms with Crippen molar-refractivity contribution in [3.05, 3.63) is 72.3 Å². The molecule has 3 aromatic rings. The molecule has 0 aliphatic heterocycles. The van der Waals surface area contributed by atoms with Gasteiger partial charge in [0, 0.05) is 17.6 Å². The van der Waals surface area contributed by atoms with E-state index >= 15 is 0 Å². The minimum absolute atomic E-state index is 0.608. The van der Waals surface area contributed by atoms with Gasteiger partial charge in [0.2, 0.25) is 0 Å². The van der Waals surface area contributed by atoms with Gasteiger partial charge < -0.3 is 15.4 Å². The summed E-state index contributed by atoms with van der Waals surface area (Å²) in [4.78, 5) is 0. The minimum atomic E-state index is 0.608. The molecule has 0 saturated carbocycles. The summed E-state index contributed by atoms with van der Waals surface area (Å²) in [6, 6.07) is 22.3. The highest BCUT2D eigenvalue weighted by Crippen LogP contribution is 2.22. The number of ether oxygens (including phenoxy) is 1. The van der Waals surface area contributed by atoms with E-state index in [-0.39, 0.29) is 0 Å². The van der Waals surface area contributed by atoms with Gasteiger partial charge in [0.05, 0.1) is 7.11 Å². The number of anilines is 1. The average Bonchev–Trinajstić information content (AvgIpc) is 2.61. The van der Waals surface area contributed by atoms with Crippen molar-refractivity contribution in [2.45, 2.75) is 6.54 Å². The van der Waals surface area contributed by atoms with Gasteiger partial charge in [0.25, 0.3) is 0 Å². The van der Waals surface area contributed by atoms with Crippen molar-refractivity contribution in [1.29, 1.82) is 0 Å². The lowest BCUT2D eigenvalue weighted by Crippen LogP contribution is -2.27. The molecule has 3 rings (SSSR count). The van der Waals surface area contributed by atoms with E-state index in [0.29, 0.717) is 11.7 Å². The Morgan fingerprint density at radius 3 is 2.48 bits per heavy atom. The van der Waals surface area contributed by atoms with Gasteiger partial charge in [-0.2, -0.15) is 0 Å². The van der Waals surface area contributed by atoms with Crippen LogP contribution in [0.2, 0.25) is 0 Å². The van der Waals surface area contributed by atoms with Crippen LogP contribution in [-0.2, 0) is 6.54 Å². The quantitative estimate of drug-likeness (QED) is 0.700. The van der Waals surface area contributed by atoms with Crippen molar-refractivity contribution in [2.24, 2.45) is 0 Å². The Morgan fingerprint density at radius 2 is 1.70 bits per heavy atom. The van der Waals surface area contributed by atoms with Gasteiger partial charge in [-0.05, 0) is 41.4 Å². The number of benzene rings is 3. The van der Waals surface area contributed by atoms with Crippen molar-refractivity contribution in [3.8, 4) is 5.75 Å². The second-order valence-corrected chi connectivity index (χ2v) is 5.59. The fourth-order valence-corrected chi connectivity index (χ4v) is 2.61. The number of methoxy groups -OCH3 is 1. The molecule has 0 atom stereocenters. The van der Waals surface area contributed by atoms with Gasteiger partial charge in [0.1, 0.15) is 5.75 Å². The van der Waals surface area contributed by atoms with E-state index in [9.17, 15) is 0 Å². The van der Waals surface area contributed by atoms with Gasteiger partial charge in [-0.1, -0.05) is 48.5 Å². The first-order chi connectivity index (χ1) is 11.3. The molecule has 0 spiro atoms. The van der Waals surface area contributed by atoms with E-state index in [2.05, 4.69) is 28.8 Å². The van der Waals surface area contributed by atoms with Crippen molar-refractivity contribution in [2.75, 3.05) is 12.4 Å². The Labute approximate surface area is 141 Å². The van der Waals surface area contributed by atoms with Crippen LogP contribution < -0.4 is 15.4 Å². The molecule has 116 valence electrons. The Kier molecular flexibility index (Phi) is 4.74. The molecule has 0 bridgehead atoms. The highest BCUT2D eigenvalue weighted by atomic mass is 32.1. The average molecular weight is 322 g/mol. The zero-order chi connectivity index (χ0) is 16.1. The predicted octanol–water partition coefficient (Wildman–Crippen LogP) is 4.34. The molecular formula is C19H18N2OS. The molecule has 0 aliphatic carbocycles. The Morgan fingerprint density at radius 1 is 0.957 bits per heavy atom. The summed E-state index contributed by atoms with van der Waals surface area (Å²) in [6.07, 6.45) is 0. The van der Waals surface area contributed by atoms with E-state index < -0.39 is 0 Å². The summed E-state index contributed by atoms with van der Waals surface area (Å²) in [5.41, 5.74) is 2.16. The summed E-state index contributed by atoms with van der Waals surface area (Å²) in [5, 5.41) is 9.46. The van der Waals surface area contributed by atoms with Crippen LogP contribution >= 0.6 is 12.2 Å². The Bertz CT molecular complexity index is 810. The maximum Gasteiger partial charge on any atom is 0.171 e. The third-order valence-corrected chi connectivity index (χ3v) is 3.90. The van der Waals surface area contributed by atoms with E-state index in [4.69, 9.17) is 17.0 Å². The van der Waals surface area contributed by atoms with Crippen LogP contribution in [0.3, 0.4) is 0 Å². The van der Waals surface area contributed by atoms with E-state index in [1.165, 1.54) is 5.39 Å². The van der Waals surface area contributed by atoms with Crippen molar-refractivity contribution in [3.63, 3.8) is 0 Å². The second kappa shape index (κ2) is 7.11. The monoisotopic (exact) mass is 322 g/mol. The first kappa shape index (κ1) is 15.3. The molecule has 0 heterocycles. The van der Waals surface area contributed by atoms with Gasteiger partial charge >= 0.3 is 0 Å². The van der Waals surface area contributed by atoms with Gasteiger partial charge in [-0.25, -0.2) is 0 Å². The van der Waals surface area contributed by atoms with Gasteiger partial charge in [0.15, 0.2) is 5.11 Å². The lowest BCUT2D eigenvalue weighted by Gasteiger charge is -2.13. The largest absolute Gasteiger partial charge is 0.497 e. The standard InChI is InChI=1S/C19H18N2OS/c1-22-16-11-9-14(10-12-16)13-20-19(23)21-18-8-4-6-15-5-2-3-7-17(15)18/h2-12H,13H2,1H3,(H2,20,21,23). The molecule has 3 aromatic carbocycles. The zero-order valence-corrected chi connectivity index (χ0v) is 13.7. The molecule has 23 heavy (non-hydrogen) atoms. The van der Waals surface area contributed by atoms with Crippen LogP contribution in [0.4, 0.5) is 5.69 Å². The number of rotatable bonds is 4. The van der Waals surface area contributed by atoms with Crippen LogP contribution in [0.25, 0.3) is 10.8 Å².